The van der Waals surface area contributed by atoms with Crippen LogP contribution in [0.5, 0.6) is 11.5 Å². The van der Waals surface area contributed by atoms with E-state index in [1.807, 2.05) is 13.8 Å². The molecular weight excluding hydrogens is 651 g/mol. The number of hydrogen-bond acceptors (Lipinski definition) is 6. The van der Waals surface area contributed by atoms with Crippen molar-refractivity contribution in [2.45, 2.75) is 50.9 Å². The van der Waals surface area contributed by atoms with Crippen molar-refractivity contribution in [2.75, 3.05) is 60.0 Å². The summed E-state index contributed by atoms with van der Waals surface area (Å²) in [6, 6.07) is 5.96. The van der Waals surface area contributed by atoms with Crippen molar-refractivity contribution >= 4 is 30.7 Å². The van der Waals surface area contributed by atoms with E-state index in [4.69, 9.17) is 14.2 Å². The molecule has 2 aliphatic heterocycles. The third-order valence-electron chi connectivity index (χ3n) is 7.81. The Morgan fingerprint density at radius 1 is 0.844 bits per heavy atom. The average molecular weight is 691 g/mol. The van der Waals surface area contributed by atoms with E-state index in [9.17, 15) is 31.1 Å². The summed E-state index contributed by atoms with van der Waals surface area (Å²) in [6.07, 6.45) is -8.91. The van der Waals surface area contributed by atoms with Crippen molar-refractivity contribution in [1.82, 2.24) is 14.7 Å². The molecule has 2 aromatic rings. The van der Waals surface area contributed by atoms with Crippen LogP contribution in [0.4, 0.5) is 26.3 Å². The van der Waals surface area contributed by atoms with E-state index >= 15 is 0 Å². The van der Waals surface area contributed by atoms with E-state index in [-0.39, 0.29) is 67.1 Å². The maximum absolute atomic E-state index is 13.7. The number of nitrogens with zero attached hydrogens (tertiary/aromatic N) is 3. The zero-order chi connectivity index (χ0) is 31.5. The predicted octanol–water partition coefficient (Wildman–Crippen LogP) is 6.06. The highest BCUT2D eigenvalue weighted by atomic mass is 35.5. The maximum atomic E-state index is 13.7. The summed E-state index contributed by atoms with van der Waals surface area (Å²) < 4.78 is 97.0. The van der Waals surface area contributed by atoms with Gasteiger partial charge in [-0.25, -0.2) is 0 Å². The number of rotatable bonds is 8. The molecular formula is C30H39Cl2F6N3O4. The van der Waals surface area contributed by atoms with Gasteiger partial charge in [-0.15, -0.1) is 24.8 Å². The van der Waals surface area contributed by atoms with Crippen LogP contribution in [-0.4, -0.2) is 98.9 Å². The summed E-state index contributed by atoms with van der Waals surface area (Å²) in [4.78, 5) is 19.7. The van der Waals surface area contributed by atoms with Crippen molar-refractivity contribution in [3.05, 3.63) is 58.7 Å². The van der Waals surface area contributed by atoms with Crippen molar-refractivity contribution in [3.8, 4) is 11.5 Å². The molecule has 15 heteroatoms. The van der Waals surface area contributed by atoms with E-state index in [2.05, 4.69) is 9.80 Å². The molecule has 2 unspecified atom stereocenters. The van der Waals surface area contributed by atoms with Gasteiger partial charge in [0.05, 0.1) is 37.6 Å². The van der Waals surface area contributed by atoms with Crippen LogP contribution in [0.1, 0.15) is 40.9 Å². The van der Waals surface area contributed by atoms with Crippen molar-refractivity contribution in [3.63, 3.8) is 0 Å². The number of hydrogen-bond donors (Lipinski definition) is 0. The summed E-state index contributed by atoms with van der Waals surface area (Å²) in [5, 5.41) is 0. The summed E-state index contributed by atoms with van der Waals surface area (Å²) >= 11 is 0. The lowest BCUT2D eigenvalue weighted by Gasteiger charge is -2.43. The molecule has 0 N–H and O–H groups in total. The Morgan fingerprint density at radius 2 is 1.49 bits per heavy atom. The molecule has 2 heterocycles. The standard InChI is InChI=1S/C30H37F6N3O4.2ClH/c1-19-16-38(17-20(2)43-19)8-7-37-9-10-39(28(40)22-13-23(29(31,32)33)15-25(14-22)41-3)24(18-37)11-21-5-6-26(30(34,35)36)27(12-21)42-4;;/h5-6,12-15,19-20,24H,7-11,16-18H2,1-4H3;2*1H/t19?,20?,24-;;/m1../s1. The fraction of sp³-hybridized carbons (Fsp3) is 0.567. The van der Waals surface area contributed by atoms with Gasteiger partial charge in [0.1, 0.15) is 11.5 Å². The molecule has 0 spiro atoms. The first-order valence-corrected chi connectivity index (χ1v) is 14.1. The second kappa shape index (κ2) is 15.9. The van der Waals surface area contributed by atoms with Gasteiger partial charge in [-0.1, -0.05) is 6.07 Å². The van der Waals surface area contributed by atoms with E-state index in [0.717, 1.165) is 44.9 Å². The molecule has 2 fully saturated rings. The molecule has 0 aromatic heterocycles. The first-order valence-electron chi connectivity index (χ1n) is 14.1. The van der Waals surface area contributed by atoms with Gasteiger partial charge in [0.15, 0.2) is 0 Å². The fourth-order valence-electron chi connectivity index (χ4n) is 5.85. The topological polar surface area (TPSA) is 54.5 Å². The summed E-state index contributed by atoms with van der Waals surface area (Å²) in [5.41, 5.74) is -1.59. The number of ether oxygens (including phenoxy) is 3. The molecule has 4 rings (SSSR count). The SMILES string of the molecule is COc1cc(C(=O)N2CCN(CCN3CC(C)OC(C)C3)C[C@H]2Cc2ccc(C(F)(F)F)c(OC)c2)cc(C(F)(F)F)c1.Cl.Cl. The minimum Gasteiger partial charge on any atom is -0.497 e. The van der Waals surface area contributed by atoms with Crippen LogP contribution in [0, 0.1) is 0 Å². The number of piperazine rings is 1. The van der Waals surface area contributed by atoms with Gasteiger partial charge < -0.3 is 19.1 Å². The largest absolute Gasteiger partial charge is 0.497 e. The predicted molar refractivity (Wildman–Crippen MR) is 162 cm³/mol. The average Bonchev–Trinajstić information content (AvgIpc) is 2.94. The molecule has 0 saturated carbocycles. The number of benzene rings is 2. The van der Waals surface area contributed by atoms with Crippen molar-refractivity contribution in [2.24, 2.45) is 0 Å². The number of amides is 1. The number of carbonyl (C=O) groups is 1. The lowest BCUT2D eigenvalue weighted by molar-refractivity contribution is -0.139. The fourth-order valence-corrected chi connectivity index (χ4v) is 5.85. The summed E-state index contributed by atoms with van der Waals surface area (Å²) in [6.45, 7) is 8.17. The van der Waals surface area contributed by atoms with Crippen LogP contribution in [0.15, 0.2) is 36.4 Å². The Bertz CT molecular complexity index is 1270. The highest BCUT2D eigenvalue weighted by molar-refractivity contribution is 5.95. The molecule has 254 valence electrons. The molecule has 3 atom stereocenters. The van der Waals surface area contributed by atoms with Crippen LogP contribution in [0.3, 0.4) is 0 Å². The molecule has 7 nitrogen and oxygen atoms in total. The molecule has 2 saturated heterocycles. The highest BCUT2D eigenvalue weighted by Gasteiger charge is 2.37. The van der Waals surface area contributed by atoms with Gasteiger partial charge in [-0.2, -0.15) is 26.3 Å². The van der Waals surface area contributed by atoms with E-state index in [1.165, 1.54) is 30.2 Å². The van der Waals surface area contributed by atoms with Crippen LogP contribution >= 0.6 is 24.8 Å². The first kappa shape index (κ1) is 38.7. The van der Waals surface area contributed by atoms with Crippen LogP contribution < -0.4 is 9.47 Å². The normalized spacial score (nSPS) is 21.5. The molecule has 2 aliphatic rings. The third kappa shape index (κ3) is 10.0. The maximum Gasteiger partial charge on any atom is 0.419 e. The van der Waals surface area contributed by atoms with Crippen molar-refractivity contribution < 1.29 is 45.3 Å². The minimum absolute atomic E-state index is 0. The van der Waals surface area contributed by atoms with Gasteiger partial charge >= 0.3 is 12.4 Å². The number of morpholine rings is 1. The van der Waals surface area contributed by atoms with Gasteiger partial charge in [0.2, 0.25) is 0 Å². The van der Waals surface area contributed by atoms with E-state index < -0.39 is 35.4 Å². The monoisotopic (exact) mass is 689 g/mol. The number of alkyl halides is 6. The Hall–Kier alpha value is -2.45. The second-order valence-corrected chi connectivity index (χ2v) is 11.2. The van der Waals surface area contributed by atoms with Crippen LogP contribution in [0.2, 0.25) is 0 Å². The molecule has 0 aliphatic carbocycles. The number of halogens is 8. The van der Waals surface area contributed by atoms with Gasteiger partial charge in [-0.3, -0.25) is 14.6 Å². The zero-order valence-electron chi connectivity index (χ0n) is 25.4. The highest BCUT2D eigenvalue weighted by Crippen LogP contribution is 2.37. The Balaban J connectivity index is 0.00000353. The zero-order valence-corrected chi connectivity index (χ0v) is 27.0. The Kier molecular flexibility index (Phi) is 13.7. The number of carbonyl (C=O) groups excluding carboxylic acids is 1. The molecule has 2 aromatic carbocycles. The van der Waals surface area contributed by atoms with Gasteiger partial charge in [-0.05, 0) is 56.2 Å². The van der Waals surface area contributed by atoms with Crippen LogP contribution in [0.25, 0.3) is 0 Å². The van der Waals surface area contributed by atoms with Crippen LogP contribution in [-0.2, 0) is 23.5 Å². The Morgan fingerprint density at radius 3 is 2.07 bits per heavy atom. The molecule has 0 bridgehead atoms. The molecule has 1 amide bonds. The van der Waals surface area contributed by atoms with Gasteiger partial charge in [0, 0.05) is 57.4 Å². The lowest BCUT2D eigenvalue weighted by Crippen LogP contribution is -2.57. The summed E-state index contributed by atoms with van der Waals surface area (Å²) in [7, 11) is 2.38. The smallest absolute Gasteiger partial charge is 0.419 e. The molecule has 45 heavy (non-hydrogen) atoms. The third-order valence-corrected chi connectivity index (χ3v) is 7.81. The minimum atomic E-state index is -4.69. The quantitative estimate of drug-likeness (QED) is 0.314. The molecule has 0 radical (unpaired) electrons. The van der Waals surface area contributed by atoms with E-state index in [1.54, 1.807) is 0 Å². The lowest BCUT2D eigenvalue weighted by atomic mass is 9.98. The van der Waals surface area contributed by atoms with E-state index in [0.29, 0.717) is 25.2 Å². The Labute approximate surface area is 271 Å². The summed E-state index contributed by atoms with van der Waals surface area (Å²) in [5.74, 6) is -1.05. The second-order valence-electron chi connectivity index (χ2n) is 11.2. The van der Waals surface area contributed by atoms with Crippen molar-refractivity contribution in [1.29, 1.82) is 0 Å². The number of methoxy groups -OCH3 is 2. The first-order chi connectivity index (χ1) is 20.2. The van der Waals surface area contributed by atoms with Gasteiger partial charge in [0.25, 0.3) is 5.91 Å².